The molecule has 0 N–H and O–H groups in total. The van der Waals surface area contributed by atoms with Crippen LogP contribution in [-0.4, -0.2) is 18.3 Å². The zero-order chi connectivity index (χ0) is 9.68. The molecule has 1 aliphatic heterocycles. The summed E-state index contributed by atoms with van der Waals surface area (Å²) < 4.78 is 0. The normalized spacial score (nSPS) is 21.5. The van der Waals surface area contributed by atoms with E-state index in [2.05, 4.69) is 32.9 Å². The fraction of sp³-hybridized carbons (Fsp3) is 0.636. The van der Waals surface area contributed by atoms with E-state index >= 15 is 0 Å². The average Bonchev–Trinajstić information content (AvgIpc) is 2.83. The minimum Gasteiger partial charge on any atom is -0.278 e. The number of hydrogen-bond acceptors (Lipinski definition) is 2. The lowest BCUT2D eigenvalue weighted by molar-refractivity contribution is 0.218. The summed E-state index contributed by atoms with van der Waals surface area (Å²) in [7, 11) is 0. The molecule has 0 aromatic rings. The number of hydrogen-bond donors (Lipinski definition) is 0. The van der Waals surface area contributed by atoms with Gasteiger partial charge in [-0.3, -0.25) is 4.84 Å². The Kier molecular flexibility index (Phi) is 4.19. The third-order valence-corrected chi connectivity index (χ3v) is 2.05. The van der Waals surface area contributed by atoms with Crippen molar-refractivity contribution in [3.63, 3.8) is 0 Å². The van der Waals surface area contributed by atoms with Gasteiger partial charge in [0.25, 0.3) is 0 Å². The Morgan fingerprint density at radius 2 is 2.00 bits per heavy atom. The van der Waals surface area contributed by atoms with Crippen LogP contribution in [0.3, 0.4) is 0 Å². The summed E-state index contributed by atoms with van der Waals surface area (Å²) in [6.07, 6.45) is 6.85. The van der Waals surface area contributed by atoms with Crippen molar-refractivity contribution in [1.82, 2.24) is 5.06 Å². The summed E-state index contributed by atoms with van der Waals surface area (Å²) >= 11 is 0. The molecule has 0 spiro atoms. The van der Waals surface area contributed by atoms with Crippen molar-refractivity contribution >= 4 is 0 Å². The fourth-order valence-electron chi connectivity index (χ4n) is 1.09. The Morgan fingerprint density at radius 1 is 1.31 bits per heavy atom. The standard InChI is InChI=1S/C11H19NO/c1-10(2)5-4-6-11(3)7-8-12-9-13-12/h5,7H,4,6,8-9H2,1-3H3/b11-7+. The first-order valence-corrected chi connectivity index (χ1v) is 4.85. The topological polar surface area (TPSA) is 15.5 Å². The van der Waals surface area contributed by atoms with E-state index in [1.54, 1.807) is 0 Å². The van der Waals surface area contributed by atoms with Gasteiger partial charge in [-0.1, -0.05) is 23.3 Å². The van der Waals surface area contributed by atoms with E-state index < -0.39 is 0 Å². The van der Waals surface area contributed by atoms with Crippen molar-refractivity contribution in [2.45, 2.75) is 33.6 Å². The van der Waals surface area contributed by atoms with Gasteiger partial charge in [0.2, 0.25) is 0 Å². The molecule has 0 saturated carbocycles. The summed E-state index contributed by atoms with van der Waals surface area (Å²) in [5, 5.41) is 1.93. The van der Waals surface area contributed by atoms with Crippen LogP contribution in [-0.2, 0) is 4.84 Å². The molecule has 0 aromatic carbocycles. The van der Waals surface area contributed by atoms with Crippen LogP contribution in [0.2, 0.25) is 0 Å². The smallest absolute Gasteiger partial charge is 0.144 e. The highest BCUT2D eigenvalue weighted by atomic mass is 16.8. The first-order chi connectivity index (χ1) is 6.18. The molecule has 0 radical (unpaired) electrons. The summed E-state index contributed by atoms with van der Waals surface area (Å²) in [4.78, 5) is 4.98. The highest BCUT2D eigenvalue weighted by molar-refractivity contribution is 5.02. The Hall–Kier alpha value is -0.600. The molecule has 13 heavy (non-hydrogen) atoms. The molecule has 1 saturated heterocycles. The molecule has 1 unspecified atom stereocenters. The SMILES string of the molecule is CC(C)=CCC/C(C)=C/CN1CO1. The number of rotatable bonds is 5. The molecule has 2 nitrogen and oxygen atoms in total. The predicted molar refractivity (Wildman–Crippen MR) is 55.1 cm³/mol. The first-order valence-electron chi connectivity index (χ1n) is 4.85. The third kappa shape index (κ3) is 5.61. The number of nitrogens with zero attached hydrogens (tertiary/aromatic N) is 1. The van der Waals surface area contributed by atoms with Crippen molar-refractivity contribution in [2.75, 3.05) is 13.3 Å². The fourth-order valence-corrected chi connectivity index (χ4v) is 1.09. The van der Waals surface area contributed by atoms with Crippen LogP contribution in [0.1, 0.15) is 33.6 Å². The van der Waals surface area contributed by atoms with E-state index in [1.165, 1.54) is 17.6 Å². The molecule has 1 atom stereocenters. The second-order valence-electron chi connectivity index (χ2n) is 3.79. The van der Waals surface area contributed by atoms with E-state index in [1.807, 2.05) is 5.06 Å². The highest BCUT2D eigenvalue weighted by Gasteiger charge is 2.15. The van der Waals surface area contributed by atoms with Gasteiger partial charge in [-0.15, -0.1) is 0 Å². The molecule has 0 aromatic heterocycles. The maximum absolute atomic E-state index is 4.98. The molecule has 2 heteroatoms. The minimum absolute atomic E-state index is 0.803. The van der Waals surface area contributed by atoms with Crippen molar-refractivity contribution in [3.05, 3.63) is 23.3 Å². The molecular weight excluding hydrogens is 162 g/mol. The zero-order valence-corrected chi connectivity index (χ0v) is 8.84. The van der Waals surface area contributed by atoms with Gasteiger partial charge in [-0.05, 0) is 33.6 Å². The molecule has 0 bridgehead atoms. The molecule has 1 heterocycles. The van der Waals surface area contributed by atoms with Crippen molar-refractivity contribution in [2.24, 2.45) is 0 Å². The Bertz CT molecular complexity index is 210. The first kappa shape index (κ1) is 10.5. The van der Waals surface area contributed by atoms with Crippen LogP contribution in [0.25, 0.3) is 0 Å². The van der Waals surface area contributed by atoms with E-state index in [-0.39, 0.29) is 0 Å². The lowest BCUT2D eigenvalue weighted by atomic mass is 10.1. The molecule has 1 rings (SSSR count). The third-order valence-electron chi connectivity index (χ3n) is 2.05. The largest absolute Gasteiger partial charge is 0.278 e. The summed E-state index contributed by atoms with van der Waals surface area (Å²) in [6, 6.07) is 0. The van der Waals surface area contributed by atoms with Crippen LogP contribution in [0, 0.1) is 0 Å². The van der Waals surface area contributed by atoms with Gasteiger partial charge in [0, 0.05) is 6.54 Å². The van der Waals surface area contributed by atoms with E-state index in [0.717, 1.165) is 19.7 Å². The molecule has 1 fully saturated rings. The van der Waals surface area contributed by atoms with Gasteiger partial charge >= 0.3 is 0 Å². The lowest BCUT2D eigenvalue weighted by Gasteiger charge is -1.98. The van der Waals surface area contributed by atoms with Gasteiger partial charge in [0.05, 0.1) is 0 Å². The van der Waals surface area contributed by atoms with Crippen LogP contribution in [0.5, 0.6) is 0 Å². The average molecular weight is 181 g/mol. The van der Waals surface area contributed by atoms with Gasteiger partial charge in [-0.2, -0.15) is 5.06 Å². The molecule has 74 valence electrons. The Morgan fingerprint density at radius 3 is 2.54 bits per heavy atom. The quantitative estimate of drug-likeness (QED) is 0.478. The molecule has 0 aliphatic carbocycles. The summed E-state index contributed by atoms with van der Waals surface area (Å²) in [5.74, 6) is 0. The van der Waals surface area contributed by atoms with Crippen LogP contribution >= 0.6 is 0 Å². The summed E-state index contributed by atoms with van der Waals surface area (Å²) in [6.45, 7) is 8.21. The van der Waals surface area contributed by atoms with Crippen LogP contribution < -0.4 is 0 Å². The van der Waals surface area contributed by atoms with Gasteiger partial charge in [-0.25, -0.2) is 0 Å². The zero-order valence-electron chi connectivity index (χ0n) is 8.84. The number of hydroxylamine groups is 2. The molecule has 1 aliphatic rings. The number of allylic oxidation sites excluding steroid dienone is 3. The van der Waals surface area contributed by atoms with E-state index in [4.69, 9.17) is 4.84 Å². The van der Waals surface area contributed by atoms with E-state index in [0.29, 0.717) is 0 Å². The monoisotopic (exact) mass is 181 g/mol. The second kappa shape index (κ2) is 5.20. The van der Waals surface area contributed by atoms with Crippen LogP contribution in [0.15, 0.2) is 23.3 Å². The van der Waals surface area contributed by atoms with Crippen molar-refractivity contribution in [3.8, 4) is 0 Å². The van der Waals surface area contributed by atoms with Gasteiger partial charge in [0.15, 0.2) is 0 Å². The maximum atomic E-state index is 4.98. The van der Waals surface area contributed by atoms with Gasteiger partial charge < -0.3 is 0 Å². The lowest BCUT2D eigenvalue weighted by Crippen LogP contribution is -1.94. The summed E-state index contributed by atoms with van der Waals surface area (Å²) in [5.41, 5.74) is 2.86. The highest BCUT2D eigenvalue weighted by Crippen LogP contribution is 2.10. The van der Waals surface area contributed by atoms with E-state index in [9.17, 15) is 0 Å². The second-order valence-corrected chi connectivity index (χ2v) is 3.79. The maximum Gasteiger partial charge on any atom is 0.144 e. The Labute approximate surface area is 80.8 Å². The minimum atomic E-state index is 0.803. The molecule has 0 amide bonds. The Balaban J connectivity index is 2.11. The van der Waals surface area contributed by atoms with Gasteiger partial charge in [0.1, 0.15) is 6.73 Å². The molecular formula is C11H19NO. The predicted octanol–water partition coefficient (Wildman–Crippen LogP) is 2.88. The van der Waals surface area contributed by atoms with Crippen molar-refractivity contribution in [1.29, 1.82) is 0 Å². The van der Waals surface area contributed by atoms with Crippen LogP contribution in [0.4, 0.5) is 0 Å². The van der Waals surface area contributed by atoms with Crippen molar-refractivity contribution < 1.29 is 4.84 Å².